The summed E-state index contributed by atoms with van der Waals surface area (Å²) in [5.74, 6) is -0.344. The van der Waals surface area contributed by atoms with Crippen LogP contribution in [0.15, 0.2) is 29.4 Å². The van der Waals surface area contributed by atoms with Gasteiger partial charge in [-0.2, -0.15) is 0 Å². The van der Waals surface area contributed by atoms with Crippen LogP contribution in [0.25, 0.3) is 0 Å². The number of hydrogen-bond donors (Lipinski definition) is 1. The van der Waals surface area contributed by atoms with Crippen LogP contribution in [0, 0.1) is 0 Å². The molecule has 0 radical (unpaired) electrons. The third kappa shape index (κ3) is 6.50. The van der Waals surface area contributed by atoms with Crippen molar-refractivity contribution in [1.29, 1.82) is 0 Å². The van der Waals surface area contributed by atoms with Crippen LogP contribution in [0.1, 0.15) is 43.6 Å². The van der Waals surface area contributed by atoms with Gasteiger partial charge in [0.25, 0.3) is 5.91 Å². The molecule has 0 saturated carbocycles. The van der Waals surface area contributed by atoms with Crippen molar-refractivity contribution in [2.24, 2.45) is 5.16 Å². The summed E-state index contributed by atoms with van der Waals surface area (Å²) >= 11 is 0. The van der Waals surface area contributed by atoms with E-state index in [-0.39, 0.29) is 23.9 Å². The first-order chi connectivity index (χ1) is 10.8. The number of nitrogens with zero attached hydrogens (tertiary/aromatic N) is 2. The fourth-order valence-electron chi connectivity index (χ4n) is 1.97. The molecule has 0 fully saturated rings. The Morgan fingerprint density at radius 3 is 2.35 bits per heavy atom. The Morgan fingerprint density at radius 1 is 1.26 bits per heavy atom. The lowest BCUT2D eigenvalue weighted by Crippen LogP contribution is -2.47. The fraction of sp³-hybridized carbons (Fsp3) is 0.471. The predicted octanol–water partition coefficient (Wildman–Crippen LogP) is 2.04. The molecule has 0 heterocycles. The normalized spacial score (nSPS) is 11.3. The topological polar surface area (TPSA) is 71.0 Å². The number of carbonyl (C=O) groups excluding carboxylic acids is 2. The SMILES string of the molecule is CCN(CC(=O)NC(C)(C)C)C(=O)c1ccc(/C=N/OC)cc1. The summed E-state index contributed by atoms with van der Waals surface area (Å²) in [4.78, 5) is 30.6. The Hall–Kier alpha value is -2.37. The van der Waals surface area contributed by atoms with Gasteiger partial charge in [0, 0.05) is 17.6 Å². The Balaban J connectivity index is 2.76. The van der Waals surface area contributed by atoms with E-state index in [2.05, 4.69) is 15.3 Å². The van der Waals surface area contributed by atoms with E-state index in [0.717, 1.165) is 5.56 Å². The lowest BCUT2D eigenvalue weighted by Gasteiger charge is -2.25. The number of amides is 2. The van der Waals surface area contributed by atoms with Crippen molar-refractivity contribution < 1.29 is 14.4 Å². The second-order valence-corrected chi connectivity index (χ2v) is 6.16. The molecular formula is C17H25N3O3. The zero-order valence-electron chi connectivity index (χ0n) is 14.4. The maximum Gasteiger partial charge on any atom is 0.254 e. The zero-order valence-corrected chi connectivity index (χ0v) is 14.4. The van der Waals surface area contributed by atoms with Crippen LogP contribution in [0.5, 0.6) is 0 Å². The van der Waals surface area contributed by atoms with Gasteiger partial charge in [-0.3, -0.25) is 9.59 Å². The van der Waals surface area contributed by atoms with Gasteiger partial charge in [0.15, 0.2) is 0 Å². The molecule has 1 rings (SSSR count). The monoisotopic (exact) mass is 319 g/mol. The minimum atomic E-state index is -0.318. The van der Waals surface area contributed by atoms with Crippen molar-refractivity contribution in [2.75, 3.05) is 20.2 Å². The highest BCUT2D eigenvalue weighted by Gasteiger charge is 2.20. The molecule has 0 aliphatic rings. The molecule has 0 aliphatic heterocycles. The first-order valence-corrected chi connectivity index (χ1v) is 7.53. The Labute approximate surface area is 137 Å². The molecule has 0 bridgehead atoms. The maximum absolute atomic E-state index is 12.5. The van der Waals surface area contributed by atoms with E-state index in [1.807, 2.05) is 27.7 Å². The molecule has 0 saturated heterocycles. The van der Waals surface area contributed by atoms with E-state index in [4.69, 9.17) is 0 Å². The van der Waals surface area contributed by atoms with Crippen molar-refractivity contribution >= 4 is 18.0 Å². The van der Waals surface area contributed by atoms with E-state index in [9.17, 15) is 9.59 Å². The van der Waals surface area contributed by atoms with Gasteiger partial charge in [0.1, 0.15) is 7.11 Å². The predicted molar refractivity (Wildman–Crippen MR) is 90.5 cm³/mol. The van der Waals surface area contributed by atoms with Crippen LogP contribution < -0.4 is 5.32 Å². The Morgan fingerprint density at radius 2 is 1.87 bits per heavy atom. The second-order valence-electron chi connectivity index (χ2n) is 6.16. The van der Waals surface area contributed by atoms with Gasteiger partial charge in [-0.25, -0.2) is 0 Å². The van der Waals surface area contributed by atoms with Crippen LogP contribution >= 0.6 is 0 Å². The molecule has 0 aliphatic carbocycles. The van der Waals surface area contributed by atoms with Crippen LogP contribution in [0.3, 0.4) is 0 Å². The summed E-state index contributed by atoms with van der Waals surface area (Å²) in [7, 11) is 1.47. The van der Waals surface area contributed by atoms with Crippen LogP contribution in [0.2, 0.25) is 0 Å². The Bertz CT molecular complexity index is 559. The van der Waals surface area contributed by atoms with E-state index in [0.29, 0.717) is 12.1 Å². The lowest BCUT2D eigenvalue weighted by molar-refractivity contribution is -0.123. The first-order valence-electron chi connectivity index (χ1n) is 7.53. The van der Waals surface area contributed by atoms with E-state index in [1.54, 1.807) is 30.5 Å². The second kappa shape index (κ2) is 8.31. The zero-order chi connectivity index (χ0) is 17.5. The minimum absolute atomic E-state index is 0.0412. The number of likely N-dealkylation sites (N-methyl/N-ethyl adjacent to an activating group) is 1. The summed E-state index contributed by atoms with van der Waals surface area (Å²) in [6.45, 7) is 8.07. The first kappa shape index (κ1) is 18.7. The minimum Gasteiger partial charge on any atom is -0.399 e. The summed E-state index contributed by atoms with van der Waals surface area (Å²) in [5.41, 5.74) is 1.05. The van der Waals surface area contributed by atoms with E-state index in [1.165, 1.54) is 12.0 Å². The number of carbonyl (C=O) groups is 2. The van der Waals surface area contributed by atoms with Crippen LogP contribution in [0.4, 0.5) is 0 Å². The van der Waals surface area contributed by atoms with Crippen LogP contribution in [-0.4, -0.2) is 48.7 Å². The third-order valence-electron chi connectivity index (χ3n) is 2.98. The highest BCUT2D eigenvalue weighted by molar-refractivity contribution is 5.97. The van der Waals surface area contributed by atoms with Crippen molar-refractivity contribution in [3.63, 3.8) is 0 Å². The van der Waals surface area contributed by atoms with Gasteiger partial charge in [0.2, 0.25) is 5.91 Å². The average Bonchev–Trinajstić information content (AvgIpc) is 2.48. The number of rotatable bonds is 6. The molecule has 0 spiro atoms. The summed E-state index contributed by atoms with van der Waals surface area (Å²) < 4.78 is 0. The highest BCUT2D eigenvalue weighted by atomic mass is 16.6. The highest BCUT2D eigenvalue weighted by Crippen LogP contribution is 2.07. The molecule has 23 heavy (non-hydrogen) atoms. The smallest absolute Gasteiger partial charge is 0.254 e. The van der Waals surface area contributed by atoms with Gasteiger partial charge < -0.3 is 15.1 Å². The van der Waals surface area contributed by atoms with Crippen molar-refractivity contribution in [2.45, 2.75) is 33.2 Å². The number of oxime groups is 1. The number of benzene rings is 1. The van der Waals surface area contributed by atoms with Gasteiger partial charge in [-0.1, -0.05) is 17.3 Å². The third-order valence-corrected chi connectivity index (χ3v) is 2.98. The summed E-state index contributed by atoms with van der Waals surface area (Å²) in [6.07, 6.45) is 1.56. The molecule has 6 nitrogen and oxygen atoms in total. The molecule has 0 atom stereocenters. The molecule has 2 amide bonds. The molecule has 1 aromatic rings. The standard InChI is InChI=1S/C17H25N3O3/c1-6-20(12-15(21)19-17(2,3)4)16(22)14-9-7-13(8-10-14)11-18-23-5/h7-11H,6,12H2,1-5H3,(H,19,21)/b18-11+. The molecule has 6 heteroatoms. The molecule has 1 aromatic carbocycles. The van der Waals surface area contributed by atoms with E-state index >= 15 is 0 Å². The quantitative estimate of drug-likeness (QED) is 0.644. The molecule has 0 unspecified atom stereocenters. The number of nitrogens with one attached hydrogen (secondary N) is 1. The van der Waals surface area contributed by atoms with Gasteiger partial charge in [-0.15, -0.1) is 0 Å². The van der Waals surface area contributed by atoms with Gasteiger partial charge in [0.05, 0.1) is 12.8 Å². The summed E-state index contributed by atoms with van der Waals surface area (Å²) in [5, 5.41) is 6.53. The van der Waals surface area contributed by atoms with E-state index < -0.39 is 0 Å². The number of hydrogen-bond acceptors (Lipinski definition) is 4. The van der Waals surface area contributed by atoms with Gasteiger partial charge >= 0.3 is 0 Å². The maximum atomic E-state index is 12.5. The Kier molecular flexibility index (Phi) is 6.75. The van der Waals surface area contributed by atoms with Crippen molar-refractivity contribution in [3.8, 4) is 0 Å². The van der Waals surface area contributed by atoms with Gasteiger partial charge in [-0.05, 0) is 45.4 Å². The molecule has 1 N–H and O–H groups in total. The lowest BCUT2D eigenvalue weighted by atomic mass is 10.1. The molecule has 126 valence electrons. The molecular weight excluding hydrogens is 294 g/mol. The van der Waals surface area contributed by atoms with Crippen molar-refractivity contribution in [3.05, 3.63) is 35.4 Å². The van der Waals surface area contributed by atoms with Crippen molar-refractivity contribution in [1.82, 2.24) is 10.2 Å². The largest absolute Gasteiger partial charge is 0.399 e. The molecule has 0 aromatic heterocycles. The average molecular weight is 319 g/mol. The fourth-order valence-corrected chi connectivity index (χ4v) is 1.97. The summed E-state index contributed by atoms with van der Waals surface area (Å²) in [6, 6.07) is 6.98. The van der Waals surface area contributed by atoms with Crippen LogP contribution in [-0.2, 0) is 9.63 Å².